The Morgan fingerprint density at radius 1 is 0.333 bits per heavy atom. The molecule has 0 bridgehead atoms. The number of hydrogen-bond acceptors (Lipinski definition) is 4. The second kappa shape index (κ2) is 47.4. The summed E-state index contributed by atoms with van der Waals surface area (Å²) in [5.74, 6) is -1.39. The van der Waals surface area contributed by atoms with E-state index < -0.39 is 11.9 Å². The zero-order chi connectivity index (χ0) is 37.2. The minimum absolute atomic E-state index is 0. The van der Waals surface area contributed by atoms with Crippen LogP contribution in [0, 0.1) is 0 Å². The third-order valence-corrected chi connectivity index (χ3v) is 10.2. The van der Waals surface area contributed by atoms with Crippen LogP contribution < -0.4 is 0 Å². The van der Waals surface area contributed by atoms with Crippen LogP contribution in [0.2, 0.25) is 0 Å². The van der Waals surface area contributed by atoms with Crippen molar-refractivity contribution < 1.29 is 36.9 Å². The maximum atomic E-state index is 10.5. The van der Waals surface area contributed by atoms with Gasteiger partial charge in [-0.1, -0.05) is 206 Å². The van der Waals surface area contributed by atoms with Gasteiger partial charge in [0.25, 0.3) is 0 Å². The Bertz CT molecular complexity index is 626. The van der Waals surface area contributed by atoms with Gasteiger partial charge in [-0.25, -0.2) is 0 Å². The first kappa shape index (κ1) is 54.7. The van der Waals surface area contributed by atoms with E-state index >= 15 is 0 Å². The Balaban J connectivity index is -0.000000886. The summed E-state index contributed by atoms with van der Waals surface area (Å²) in [5.41, 5.74) is 0. The van der Waals surface area contributed by atoms with Crippen LogP contribution in [0.1, 0.15) is 232 Å². The molecule has 0 unspecified atom stereocenters. The van der Waals surface area contributed by atoms with E-state index in [9.17, 15) is 9.59 Å². The summed E-state index contributed by atoms with van der Waals surface area (Å²) in [5, 5.41) is 17.3. The molecule has 307 valence electrons. The maximum absolute atomic E-state index is 10.5. The molecule has 0 spiro atoms. The van der Waals surface area contributed by atoms with Crippen LogP contribution >= 0.6 is 0 Å². The summed E-state index contributed by atoms with van der Waals surface area (Å²) in [6.45, 7) is 7.98. The number of carbonyl (C=O) groups is 2. The van der Waals surface area contributed by atoms with Gasteiger partial charge in [-0.3, -0.25) is 9.59 Å². The Morgan fingerprint density at radius 3 is 0.686 bits per heavy atom. The van der Waals surface area contributed by atoms with E-state index in [1.807, 2.05) is 14.1 Å². The normalized spacial score (nSPS) is 11.1. The van der Waals surface area contributed by atoms with Gasteiger partial charge in [0.15, 0.2) is 0 Å². The summed E-state index contributed by atoms with van der Waals surface area (Å²) in [6, 6.07) is 0. The molecule has 0 aromatic carbocycles. The van der Waals surface area contributed by atoms with Crippen molar-refractivity contribution in [3.05, 3.63) is 0 Å². The predicted molar refractivity (Wildman–Crippen MR) is 219 cm³/mol. The summed E-state index contributed by atoms with van der Waals surface area (Å²) in [4.78, 5) is 25.3. The van der Waals surface area contributed by atoms with Gasteiger partial charge in [0, 0.05) is 30.2 Å². The fourth-order valence-electron chi connectivity index (χ4n) is 6.66. The van der Waals surface area contributed by atoms with E-state index in [0.29, 0.717) is 13.1 Å². The minimum atomic E-state index is -0.696. The van der Waals surface area contributed by atoms with Crippen LogP contribution in [-0.2, 0) is 26.7 Å². The maximum Gasteiger partial charge on any atom is 0.304 e. The molecule has 0 aromatic heterocycles. The van der Waals surface area contributed by atoms with Crippen molar-refractivity contribution >= 4 is 11.9 Å². The van der Waals surface area contributed by atoms with E-state index in [1.54, 1.807) is 0 Å². The molecule has 0 aliphatic rings. The smallest absolute Gasteiger partial charge is 0.304 e. The summed E-state index contributed by atoms with van der Waals surface area (Å²) < 4.78 is 0. The van der Waals surface area contributed by atoms with Gasteiger partial charge < -0.3 is 20.0 Å². The molecule has 0 saturated heterocycles. The van der Waals surface area contributed by atoms with Crippen LogP contribution in [0.15, 0.2) is 0 Å². The quantitative estimate of drug-likeness (QED) is 0.0478. The molecule has 0 heterocycles. The van der Waals surface area contributed by atoms with E-state index in [2.05, 4.69) is 23.6 Å². The number of nitrogens with zero attached hydrogens (tertiary/aromatic N) is 2. The number of hydrogen-bond donors (Lipinski definition) is 2. The molecule has 0 saturated carbocycles. The third-order valence-electron chi connectivity index (χ3n) is 10.2. The number of rotatable bonds is 40. The Kier molecular flexibility index (Phi) is 50.9. The summed E-state index contributed by atoms with van der Waals surface area (Å²) >= 11 is 0. The van der Waals surface area contributed by atoms with Gasteiger partial charge in [-0.15, -0.1) is 0 Å². The second-order valence-corrected chi connectivity index (χ2v) is 15.5. The fourth-order valence-corrected chi connectivity index (χ4v) is 6.66. The monoisotopic (exact) mass is 766 g/mol. The molecular weight excluding hydrogens is 675 g/mol. The first-order chi connectivity index (χ1) is 24.3. The van der Waals surface area contributed by atoms with Crippen molar-refractivity contribution in [2.45, 2.75) is 232 Å². The van der Waals surface area contributed by atoms with Crippen molar-refractivity contribution in [2.75, 3.05) is 40.3 Å². The molecule has 0 aliphatic carbocycles. The molecule has 1 radical (unpaired) electrons. The Hall–Kier alpha value is -0.621. The van der Waals surface area contributed by atoms with E-state index in [1.165, 1.54) is 205 Å². The summed E-state index contributed by atoms with van der Waals surface area (Å²) in [6.07, 6.45) is 45.1. The van der Waals surface area contributed by atoms with Crippen molar-refractivity contribution in [3.63, 3.8) is 0 Å². The second-order valence-electron chi connectivity index (χ2n) is 15.5. The van der Waals surface area contributed by atoms with Crippen LogP contribution in [0.25, 0.3) is 0 Å². The number of carboxylic acid groups (broad SMARTS) is 2. The van der Waals surface area contributed by atoms with Gasteiger partial charge in [0.2, 0.25) is 0 Å². The predicted octanol–water partition coefficient (Wildman–Crippen LogP) is 13.3. The van der Waals surface area contributed by atoms with E-state index in [0.717, 1.165) is 13.1 Å². The molecule has 51 heavy (non-hydrogen) atoms. The van der Waals surface area contributed by atoms with Crippen LogP contribution in [0.5, 0.6) is 0 Å². The first-order valence-corrected chi connectivity index (χ1v) is 22.1. The van der Waals surface area contributed by atoms with Crippen molar-refractivity contribution in [1.29, 1.82) is 0 Å². The molecule has 0 aromatic rings. The average molecular weight is 766 g/mol. The molecule has 0 rings (SSSR count). The molecule has 0 amide bonds. The summed E-state index contributed by atoms with van der Waals surface area (Å²) in [7, 11) is 4.04. The van der Waals surface area contributed by atoms with Crippen molar-refractivity contribution in [1.82, 2.24) is 9.80 Å². The SMILES string of the molecule is CCCCCCCCCCCCCCCCCCN(C)CCC(=O)O.CCCCCCCCCCCCCCCCCCN(C)CCC(=O)O.[Mn]. The first-order valence-electron chi connectivity index (χ1n) is 22.1. The van der Waals surface area contributed by atoms with Gasteiger partial charge in [0.1, 0.15) is 0 Å². The molecule has 7 heteroatoms. The molecule has 0 atom stereocenters. The standard InChI is InChI=1S/2C22H45NO2.Mn/c2*1-3-4-5-6-7-8-9-10-11-12-13-14-15-16-17-18-20-23(2)21-19-22(24)25;/h2*3-21H2,1-2H3,(H,24,25);. The average Bonchev–Trinajstić information content (AvgIpc) is 3.09. The van der Waals surface area contributed by atoms with Crippen LogP contribution in [0.3, 0.4) is 0 Å². The van der Waals surface area contributed by atoms with E-state index in [4.69, 9.17) is 10.2 Å². The van der Waals surface area contributed by atoms with Gasteiger partial charge >= 0.3 is 11.9 Å². The minimum Gasteiger partial charge on any atom is -0.481 e. The van der Waals surface area contributed by atoms with E-state index in [-0.39, 0.29) is 29.9 Å². The van der Waals surface area contributed by atoms with Crippen molar-refractivity contribution in [2.24, 2.45) is 0 Å². The third kappa shape index (κ3) is 53.8. The van der Waals surface area contributed by atoms with Crippen LogP contribution in [0.4, 0.5) is 0 Å². The number of unbranched alkanes of at least 4 members (excludes halogenated alkanes) is 30. The fraction of sp³-hybridized carbons (Fsp3) is 0.955. The van der Waals surface area contributed by atoms with Crippen molar-refractivity contribution in [3.8, 4) is 0 Å². The molecular formula is C44H90MnN2O4. The largest absolute Gasteiger partial charge is 0.481 e. The number of aliphatic carboxylic acids is 2. The molecule has 0 aliphatic heterocycles. The Labute approximate surface area is 329 Å². The van der Waals surface area contributed by atoms with Gasteiger partial charge in [-0.2, -0.15) is 0 Å². The molecule has 6 nitrogen and oxygen atoms in total. The van der Waals surface area contributed by atoms with Gasteiger partial charge in [0.05, 0.1) is 12.8 Å². The molecule has 0 fully saturated rings. The molecule has 2 N–H and O–H groups in total. The van der Waals surface area contributed by atoms with Crippen LogP contribution in [-0.4, -0.2) is 72.2 Å². The topological polar surface area (TPSA) is 81.1 Å². The zero-order valence-corrected chi connectivity index (χ0v) is 36.0. The number of carboxylic acids is 2. The Morgan fingerprint density at radius 2 is 0.510 bits per heavy atom. The zero-order valence-electron chi connectivity index (χ0n) is 34.9. The van der Waals surface area contributed by atoms with Gasteiger partial charge in [-0.05, 0) is 40.0 Å².